The van der Waals surface area contributed by atoms with Crippen LogP contribution in [0.3, 0.4) is 0 Å². The molecular formula is C15H22ClN. The van der Waals surface area contributed by atoms with Crippen molar-refractivity contribution in [1.29, 1.82) is 0 Å². The summed E-state index contributed by atoms with van der Waals surface area (Å²) in [6.45, 7) is 7.98. The average molecular weight is 252 g/mol. The van der Waals surface area contributed by atoms with Gasteiger partial charge >= 0.3 is 0 Å². The predicted molar refractivity (Wildman–Crippen MR) is 75.9 cm³/mol. The Hall–Kier alpha value is -0.690. The second-order valence-electron chi connectivity index (χ2n) is 5.32. The number of halogens is 1. The van der Waals surface area contributed by atoms with Crippen LogP contribution < -0.4 is 4.90 Å². The van der Waals surface area contributed by atoms with E-state index in [0.29, 0.717) is 11.9 Å². The highest BCUT2D eigenvalue weighted by Gasteiger charge is 2.25. The quantitative estimate of drug-likeness (QED) is 0.706. The van der Waals surface area contributed by atoms with Gasteiger partial charge in [0.1, 0.15) is 0 Å². The molecule has 1 aromatic rings. The van der Waals surface area contributed by atoms with E-state index in [0.717, 1.165) is 5.92 Å². The zero-order valence-corrected chi connectivity index (χ0v) is 11.8. The van der Waals surface area contributed by atoms with Crippen molar-refractivity contribution in [1.82, 2.24) is 0 Å². The highest BCUT2D eigenvalue weighted by Crippen LogP contribution is 2.31. The van der Waals surface area contributed by atoms with Gasteiger partial charge in [-0.1, -0.05) is 24.6 Å². The molecule has 94 valence electrons. The van der Waals surface area contributed by atoms with E-state index in [1.165, 1.54) is 36.2 Å². The molecule has 1 nitrogen and oxygen atoms in total. The van der Waals surface area contributed by atoms with E-state index in [-0.39, 0.29) is 0 Å². The molecular weight excluding hydrogens is 230 g/mol. The van der Waals surface area contributed by atoms with E-state index in [2.05, 4.69) is 43.9 Å². The molecule has 17 heavy (non-hydrogen) atoms. The first-order valence-electron chi connectivity index (χ1n) is 6.55. The van der Waals surface area contributed by atoms with Gasteiger partial charge in [-0.15, -0.1) is 11.6 Å². The third-order valence-electron chi connectivity index (χ3n) is 4.06. The molecule has 2 unspecified atom stereocenters. The molecule has 0 aromatic heterocycles. The Labute approximate surface area is 110 Å². The molecule has 0 radical (unpaired) electrons. The lowest BCUT2D eigenvalue weighted by Crippen LogP contribution is -2.42. The Morgan fingerprint density at radius 1 is 1.35 bits per heavy atom. The predicted octanol–water partition coefficient (Wildman–Crippen LogP) is 4.36. The Bertz CT molecular complexity index is 389. The minimum absolute atomic E-state index is 0.606. The van der Waals surface area contributed by atoms with E-state index < -0.39 is 0 Å². The normalized spacial score (nSPS) is 25.1. The summed E-state index contributed by atoms with van der Waals surface area (Å²) in [5.41, 5.74) is 3.90. The number of aryl methyl sites for hydroxylation is 1. The van der Waals surface area contributed by atoms with Crippen molar-refractivity contribution in [3.63, 3.8) is 0 Å². The number of hydrogen-bond acceptors (Lipinski definition) is 1. The molecule has 0 N–H and O–H groups in total. The first-order chi connectivity index (χ1) is 8.13. The van der Waals surface area contributed by atoms with E-state index in [1.54, 1.807) is 0 Å². The molecule has 1 saturated heterocycles. The molecule has 0 bridgehead atoms. The number of piperidine rings is 1. The van der Waals surface area contributed by atoms with Crippen LogP contribution in [0.4, 0.5) is 5.69 Å². The molecule has 2 heteroatoms. The highest BCUT2D eigenvalue weighted by molar-refractivity contribution is 6.17. The molecule has 1 aliphatic heterocycles. The van der Waals surface area contributed by atoms with Crippen LogP contribution in [0.1, 0.15) is 37.8 Å². The van der Waals surface area contributed by atoms with Gasteiger partial charge in [-0.3, -0.25) is 0 Å². The summed E-state index contributed by atoms with van der Waals surface area (Å²) in [6.07, 6.45) is 2.64. The van der Waals surface area contributed by atoms with Crippen LogP contribution in [0, 0.1) is 12.8 Å². The maximum absolute atomic E-state index is 6.08. The lowest BCUT2D eigenvalue weighted by molar-refractivity contribution is 0.363. The van der Waals surface area contributed by atoms with Crippen molar-refractivity contribution < 1.29 is 0 Å². The van der Waals surface area contributed by atoms with Crippen molar-refractivity contribution in [2.45, 2.75) is 45.5 Å². The molecule has 1 aliphatic rings. The molecule has 0 saturated carbocycles. The SMILES string of the molecule is Cc1ccc(N2CCCC(C)C2C)c(CCl)c1. The van der Waals surface area contributed by atoms with Gasteiger partial charge in [0.05, 0.1) is 0 Å². The van der Waals surface area contributed by atoms with Crippen LogP contribution in [0.15, 0.2) is 18.2 Å². The molecule has 2 rings (SSSR count). The van der Waals surface area contributed by atoms with Gasteiger partial charge < -0.3 is 4.90 Å². The lowest BCUT2D eigenvalue weighted by Gasteiger charge is -2.40. The largest absolute Gasteiger partial charge is 0.368 e. The summed E-state index contributed by atoms with van der Waals surface area (Å²) in [4.78, 5) is 2.53. The maximum Gasteiger partial charge on any atom is 0.0494 e. The second kappa shape index (κ2) is 5.30. The highest BCUT2D eigenvalue weighted by atomic mass is 35.5. The Balaban J connectivity index is 2.32. The van der Waals surface area contributed by atoms with Crippen molar-refractivity contribution in [2.75, 3.05) is 11.4 Å². The van der Waals surface area contributed by atoms with E-state index in [4.69, 9.17) is 11.6 Å². The van der Waals surface area contributed by atoms with Crippen LogP contribution in [0.2, 0.25) is 0 Å². The van der Waals surface area contributed by atoms with Crippen molar-refractivity contribution in [3.05, 3.63) is 29.3 Å². The van der Waals surface area contributed by atoms with Gasteiger partial charge in [0.25, 0.3) is 0 Å². The Morgan fingerprint density at radius 2 is 2.12 bits per heavy atom. The summed E-state index contributed by atoms with van der Waals surface area (Å²) in [6, 6.07) is 7.27. The summed E-state index contributed by atoms with van der Waals surface area (Å²) in [7, 11) is 0. The Morgan fingerprint density at radius 3 is 2.82 bits per heavy atom. The minimum atomic E-state index is 0.606. The third-order valence-corrected chi connectivity index (χ3v) is 4.35. The van der Waals surface area contributed by atoms with Crippen molar-refractivity contribution in [3.8, 4) is 0 Å². The molecule has 2 atom stereocenters. The average Bonchev–Trinajstić information content (AvgIpc) is 2.33. The van der Waals surface area contributed by atoms with Gasteiger partial charge in [0.2, 0.25) is 0 Å². The van der Waals surface area contributed by atoms with Crippen LogP contribution in [-0.4, -0.2) is 12.6 Å². The van der Waals surface area contributed by atoms with Crippen LogP contribution in [-0.2, 0) is 5.88 Å². The fourth-order valence-electron chi connectivity index (χ4n) is 2.78. The molecule has 1 heterocycles. The third kappa shape index (κ3) is 2.60. The Kier molecular flexibility index (Phi) is 3.98. The van der Waals surface area contributed by atoms with Gasteiger partial charge in [-0.2, -0.15) is 0 Å². The molecule has 0 aliphatic carbocycles. The molecule has 1 fully saturated rings. The monoisotopic (exact) mass is 251 g/mol. The number of anilines is 1. The summed E-state index contributed by atoms with van der Waals surface area (Å²) < 4.78 is 0. The lowest BCUT2D eigenvalue weighted by atomic mass is 9.91. The second-order valence-corrected chi connectivity index (χ2v) is 5.59. The standard InChI is InChI=1S/C15H22ClN/c1-11-6-7-15(14(9-11)10-16)17-8-4-5-12(2)13(17)3/h6-7,9,12-13H,4-5,8,10H2,1-3H3. The van der Waals surface area contributed by atoms with Crippen molar-refractivity contribution >= 4 is 17.3 Å². The van der Waals surface area contributed by atoms with E-state index >= 15 is 0 Å². The molecule has 0 spiro atoms. The summed E-state index contributed by atoms with van der Waals surface area (Å²) in [5.74, 6) is 1.38. The van der Waals surface area contributed by atoms with Gasteiger partial charge in [0, 0.05) is 24.2 Å². The van der Waals surface area contributed by atoms with Crippen LogP contribution >= 0.6 is 11.6 Å². The number of benzene rings is 1. The smallest absolute Gasteiger partial charge is 0.0494 e. The van der Waals surface area contributed by atoms with E-state index in [9.17, 15) is 0 Å². The number of hydrogen-bond donors (Lipinski definition) is 0. The number of alkyl halides is 1. The van der Waals surface area contributed by atoms with Gasteiger partial charge in [-0.05, 0) is 44.2 Å². The van der Waals surface area contributed by atoms with Crippen LogP contribution in [0.25, 0.3) is 0 Å². The number of rotatable bonds is 2. The molecule has 1 aromatic carbocycles. The first-order valence-corrected chi connectivity index (χ1v) is 7.09. The first kappa shape index (κ1) is 12.8. The minimum Gasteiger partial charge on any atom is -0.368 e. The van der Waals surface area contributed by atoms with Crippen LogP contribution in [0.5, 0.6) is 0 Å². The maximum atomic E-state index is 6.08. The fraction of sp³-hybridized carbons (Fsp3) is 0.600. The topological polar surface area (TPSA) is 3.24 Å². The van der Waals surface area contributed by atoms with Gasteiger partial charge in [0.15, 0.2) is 0 Å². The zero-order valence-electron chi connectivity index (χ0n) is 11.0. The number of nitrogens with zero attached hydrogens (tertiary/aromatic N) is 1. The molecule has 0 amide bonds. The van der Waals surface area contributed by atoms with E-state index in [1.807, 2.05) is 0 Å². The zero-order chi connectivity index (χ0) is 12.4. The fourth-order valence-corrected chi connectivity index (χ4v) is 2.99. The summed E-state index contributed by atoms with van der Waals surface area (Å²) >= 11 is 6.08. The van der Waals surface area contributed by atoms with Gasteiger partial charge in [-0.25, -0.2) is 0 Å². The summed E-state index contributed by atoms with van der Waals surface area (Å²) in [5, 5.41) is 0. The van der Waals surface area contributed by atoms with Crippen molar-refractivity contribution in [2.24, 2.45) is 5.92 Å².